The van der Waals surface area contributed by atoms with Crippen LogP contribution in [0.5, 0.6) is 0 Å². The van der Waals surface area contributed by atoms with Gasteiger partial charge in [0.25, 0.3) is 5.91 Å². The zero-order valence-electron chi connectivity index (χ0n) is 15.8. The highest BCUT2D eigenvalue weighted by atomic mass is 19.4. The minimum Gasteiger partial charge on any atom is -0.376 e. The number of alkyl halides is 3. The molecule has 2 fully saturated rings. The molecule has 10 heteroatoms. The van der Waals surface area contributed by atoms with Gasteiger partial charge in [0.2, 0.25) is 11.8 Å². The summed E-state index contributed by atoms with van der Waals surface area (Å²) in [5.41, 5.74) is 0.312. The van der Waals surface area contributed by atoms with Gasteiger partial charge in [0.05, 0.1) is 12.1 Å². The van der Waals surface area contributed by atoms with Crippen LogP contribution in [0, 0.1) is 5.92 Å². The standard InChI is InChI=1S/C19H23F3N4O3/c20-19(21,22)12-24-17(28)14-3-1-2-4-15(14)23-11-16(27)25-7-9-26(10-8-25)18(29)13-5-6-13/h1-4,13,23H,5-12H2,(H,24,28). The van der Waals surface area contributed by atoms with Crippen LogP contribution in [-0.4, -0.2) is 73.0 Å². The van der Waals surface area contributed by atoms with Gasteiger partial charge in [-0.15, -0.1) is 0 Å². The van der Waals surface area contributed by atoms with Crippen LogP contribution >= 0.6 is 0 Å². The fourth-order valence-corrected chi connectivity index (χ4v) is 3.16. The van der Waals surface area contributed by atoms with Gasteiger partial charge in [-0.2, -0.15) is 13.2 Å². The van der Waals surface area contributed by atoms with E-state index >= 15 is 0 Å². The lowest BCUT2D eigenvalue weighted by Crippen LogP contribution is -2.52. The Morgan fingerprint density at radius 3 is 2.24 bits per heavy atom. The number of hydrogen-bond acceptors (Lipinski definition) is 4. The first kappa shape index (κ1) is 20.9. The molecule has 3 amide bonds. The number of rotatable bonds is 6. The molecule has 2 aliphatic rings. The number of anilines is 1. The number of halogens is 3. The molecule has 1 aromatic rings. The Kier molecular flexibility index (Phi) is 6.29. The summed E-state index contributed by atoms with van der Waals surface area (Å²) in [4.78, 5) is 40.0. The highest BCUT2D eigenvalue weighted by Gasteiger charge is 2.35. The summed E-state index contributed by atoms with van der Waals surface area (Å²) >= 11 is 0. The molecule has 29 heavy (non-hydrogen) atoms. The zero-order chi connectivity index (χ0) is 21.0. The molecule has 158 valence electrons. The van der Waals surface area contributed by atoms with Crippen molar-refractivity contribution in [2.75, 3.05) is 44.6 Å². The summed E-state index contributed by atoms with van der Waals surface area (Å²) in [6.07, 6.45) is -2.62. The van der Waals surface area contributed by atoms with E-state index in [1.807, 2.05) is 5.32 Å². The molecule has 0 spiro atoms. The van der Waals surface area contributed by atoms with Crippen molar-refractivity contribution in [1.29, 1.82) is 0 Å². The number of para-hydroxylation sites is 1. The van der Waals surface area contributed by atoms with E-state index in [4.69, 9.17) is 0 Å². The van der Waals surface area contributed by atoms with E-state index in [0.29, 0.717) is 26.2 Å². The second-order valence-corrected chi connectivity index (χ2v) is 7.18. The van der Waals surface area contributed by atoms with Crippen LogP contribution in [-0.2, 0) is 9.59 Å². The SMILES string of the molecule is O=C(NCC(F)(F)F)c1ccccc1NCC(=O)N1CCN(C(=O)C2CC2)CC1. The number of amides is 3. The van der Waals surface area contributed by atoms with Crippen molar-refractivity contribution in [3.63, 3.8) is 0 Å². The van der Waals surface area contributed by atoms with E-state index < -0.39 is 18.6 Å². The molecule has 1 saturated heterocycles. The predicted molar refractivity (Wildman–Crippen MR) is 99.2 cm³/mol. The Labute approximate surface area is 166 Å². The number of carbonyl (C=O) groups excluding carboxylic acids is 3. The van der Waals surface area contributed by atoms with E-state index in [1.165, 1.54) is 18.2 Å². The molecule has 2 N–H and O–H groups in total. The lowest BCUT2D eigenvalue weighted by molar-refractivity contribution is -0.139. The molecule has 1 saturated carbocycles. The minimum absolute atomic E-state index is 0.0319. The highest BCUT2D eigenvalue weighted by Crippen LogP contribution is 2.31. The Bertz CT molecular complexity index is 772. The van der Waals surface area contributed by atoms with E-state index in [9.17, 15) is 27.6 Å². The van der Waals surface area contributed by atoms with Gasteiger partial charge in [-0.25, -0.2) is 0 Å². The number of nitrogens with one attached hydrogen (secondary N) is 2. The van der Waals surface area contributed by atoms with Gasteiger partial charge in [-0.3, -0.25) is 14.4 Å². The summed E-state index contributed by atoms with van der Waals surface area (Å²) in [6.45, 7) is 0.345. The molecule has 1 aliphatic heterocycles. The predicted octanol–water partition coefficient (Wildman–Crippen LogP) is 1.47. The molecule has 1 heterocycles. The van der Waals surface area contributed by atoms with Crippen LogP contribution in [0.3, 0.4) is 0 Å². The smallest absolute Gasteiger partial charge is 0.376 e. The summed E-state index contributed by atoms with van der Waals surface area (Å²) in [5, 5.41) is 4.66. The van der Waals surface area contributed by atoms with Crippen molar-refractivity contribution < 1.29 is 27.6 Å². The average Bonchev–Trinajstić information content (AvgIpc) is 3.55. The van der Waals surface area contributed by atoms with Crippen molar-refractivity contribution in [2.45, 2.75) is 19.0 Å². The summed E-state index contributed by atoms with van der Waals surface area (Å²) in [7, 11) is 0. The fraction of sp³-hybridized carbons (Fsp3) is 0.526. The normalized spacial score (nSPS) is 17.1. The molecule has 0 radical (unpaired) electrons. The van der Waals surface area contributed by atoms with Gasteiger partial charge in [0, 0.05) is 37.8 Å². The number of nitrogens with zero attached hydrogens (tertiary/aromatic N) is 2. The van der Waals surface area contributed by atoms with Crippen molar-refractivity contribution in [3.8, 4) is 0 Å². The van der Waals surface area contributed by atoms with Gasteiger partial charge in [0.15, 0.2) is 0 Å². The van der Waals surface area contributed by atoms with E-state index in [1.54, 1.807) is 15.9 Å². The first-order chi connectivity index (χ1) is 13.7. The van der Waals surface area contributed by atoms with E-state index in [2.05, 4.69) is 5.32 Å². The lowest BCUT2D eigenvalue weighted by atomic mass is 10.1. The Hall–Kier alpha value is -2.78. The average molecular weight is 412 g/mol. The molecule has 3 rings (SSSR count). The van der Waals surface area contributed by atoms with Crippen LogP contribution in [0.2, 0.25) is 0 Å². The molecular formula is C19H23F3N4O3. The maximum atomic E-state index is 12.4. The monoisotopic (exact) mass is 412 g/mol. The van der Waals surface area contributed by atoms with Gasteiger partial charge < -0.3 is 20.4 Å². The quantitative estimate of drug-likeness (QED) is 0.742. The highest BCUT2D eigenvalue weighted by molar-refractivity contribution is 6.00. The molecule has 1 aliphatic carbocycles. The number of hydrogen-bond donors (Lipinski definition) is 2. The Morgan fingerprint density at radius 1 is 1.00 bits per heavy atom. The Balaban J connectivity index is 1.50. The van der Waals surface area contributed by atoms with Crippen LogP contribution in [0.4, 0.5) is 18.9 Å². The third kappa shape index (κ3) is 5.85. The van der Waals surface area contributed by atoms with Gasteiger partial charge >= 0.3 is 6.18 Å². The van der Waals surface area contributed by atoms with Crippen molar-refractivity contribution in [2.24, 2.45) is 5.92 Å². The third-order valence-corrected chi connectivity index (χ3v) is 4.92. The Morgan fingerprint density at radius 2 is 1.62 bits per heavy atom. The fourth-order valence-electron chi connectivity index (χ4n) is 3.16. The first-order valence-corrected chi connectivity index (χ1v) is 9.49. The van der Waals surface area contributed by atoms with E-state index in [-0.39, 0.29) is 35.5 Å². The van der Waals surface area contributed by atoms with Gasteiger partial charge in [0.1, 0.15) is 6.54 Å². The maximum absolute atomic E-state index is 12.4. The van der Waals surface area contributed by atoms with Crippen LogP contribution in [0.25, 0.3) is 0 Å². The van der Waals surface area contributed by atoms with Gasteiger partial charge in [-0.05, 0) is 25.0 Å². The van der Waals surface area contributed by atoms with Crippen molar-refractivity contribution in [3.05, 3.63) is 29.8 Å². The topological polar surface area (TPSA) is 81.8 Å². The lowest BCUT2D eigenvalue weighted by Gasteiger charge is -2.35. The van der Waals surface area contributed by atoms with Gasteiger partial charge in [-0.1, -0.05) is 12.1 Å². The molecule has 1 aromatic carbocycles. The minimum atomic E-state index is -4.50. The summed E-state index contributed by atoms with van der Waals surface area (Å²) < 4.78 is 36.9. The molecule has 7 nitrogen and oxygen atoms in total. The number of benzene rings is 1. The zero-order valence-corrected chi connectivity index (χ0v) is 15.8. The third-order valence-electron chi connectivity index (χ3n) is 4.92. The van der Waals surface area contributed by atoms with Crippen LogP contribution in [0.15, 0.2) is 24.3 Å². The maximum Gasteiger partial charge on any atom is 0.405 e. The molecular weight excluding hydrogens is 389 g/mol. The van der Waals surface area contributed by atoms with Crippen LogP contribution < -0.4 is 10.6 Å². The van der Waals surface area contributed by atoms with Crippen molar-refractivity contribution in [1.82, 2.24) is 15.1 Å². The second-order valence-electron chi connectivity index (χ2n) is 7.18. The second kappa shape index (κ2) is 8.71. The number of piperazine rings is 1. The number of carbonyl (C=O) groups is 3. The van der Waals surface area contributed by atoms with E-state index in [0.717, 1.165) is 12.8 Å². The molecule has 0 atom stereocenters. The largest absolute Gasteiger partial charge is 0.405 e. The molecule has 0 unspecified atom stereocenters. The molecule has 0 aromatic heterocycles. The van der Waals surface area contributed by atoms with Crippen molar-refractivity contribution >= 4 is 23.4 Å². The summed E-state index contributed by atoms with van der Waals surface area (Å²) in [6, 6.07) is 6.07. The first-order valence-electron chi connectivity index (χ1n) is 9.49. The van der Waals surface area contributed by atoms with Crippen LogP contribution in [0.1, 0.15) is 23.2 Å². The molecule has 0 bridgehead atoms. The summed E-state index contributed by atoms with van der Waals surface area (Å²) in [5.74, 6) is -0.757.